The van der Waals surface area contributed by atoms with Crippen molar-refractivity contribution in [2.24, 2.45) is 0 Å². The first-order valence-corrected chi connectivity index (χ1v) is 7.58. The Morgan fingerprint density at radius 2 is 2.25 bits per heavy atom. The lowest BCUT2D eigenvalue weighted by molar-refractivity contribution is 0.0781. The molecule has 2 aromatic rings. The smallest absolute Gasteiger partial charge is 0.255 e. The van der Waals surface area contributed by atoms with Crippen LogP contribution in [-0.2, 0) is 6.54 Å². The molecule has 0 spiro atoms. The van der Waals surface area contributed by atoms with Crippen molar-refractivity contribution < 1.29 is 4.79 Å². The van der Waals surface area contributed by atoms with E-state index < -0.39 is 0 Å². The average molecular weight is 311 g/mol. The number of halogens is 1. The highest BCUT2D eigenvalue weighted by molar-refractivity contribution is 7.98. The minimum Gasteiger partial charge on any atom is -0.334 e. The number of amides is 1. The quantitative estimate of drug-likeness (QED) is 0.882. The van der Waals surface area contributed by atoms with Crippen LogP contribution in [0.15, 0.2) is 23.1 Å². The van der Waals surface area contributed by atoms with Crippen LogP contribution in [-0.4, -0.2) is 39.3 Å². The largest absolute Gasteiger partial charge is 0.334 e. The summed E-state index contributed by atoms with van der Waals surface area (Å²) in [6.07, 6.45) is 1.96. The zero-order valence-corrected chi connectivity index (χ0v) is 13.0. The number of carbonyl (C=O) groups is 1. The summed E-state index contributed by atoms with van der Waals surface area (Å²) in [5.41, 5.74) is 0.494. The molecule has 0 bridgehead atoms. The first-order valence-electron chi connectivity index (χ1n) is 5.98. The molecule has 106 valence electrons. The van der Waals surface area contributed by atoms with Gasteiger partial charge in [-0.05, 0) is 31.4 Å². The van der Waals surface area contributed by atoms with Crippen LogP contribution >= 0.6 is 23.4 Å². The van der Waals surface area contributed by atoms with Crippen LogP contribution in [0.1, 0.15) is 22.0 Å². The van der Waals surface area contributed by atoms with E-state index in [1.54, 1.807) is 35.8 Å². The van der Waals surface area contributed by atoms with Crippen molar-refractivity contribution in [1.82, 2.24) is 20.1 Å². The van der Waals surface area contributed by atoms with Gasteiger partial charge in [0.2, 0.25) is 0 Å². The number of nitrogens with one attached hydrogen (secondary N) is 1. The summed E-state index contributed by atoms with van der Waals surface area (Å²) in [4.78, 5) is 19.1. The number of aromatic amines is 1. The number of benzene rings is 1. The molecule has 0 atom stereocenters. The standard InChI is InChI=1S/C13H15ClN4OS/c1-8-15-12(17-16-8)7-18(2)13(19)10-6-9(20-3)4-5-11(10)14/h4-6H,7H2,1-3H3,(H,15,16,17). The van der Waals surface area contributed by atoms with Crippen LogP contribution in [0.3, 0.4) is 0 Å². The van der Waals surface area contributed by atoms with Gasteiger partial charge in [-0.15, -0.1) is 11.8 Å². The van der Waals surface area contributed by atoms with Gasteiger partial charge in [-0.25, -0.2) is 4.98 Å². The number of carbonyl (C=O) groups excluding carboxylic acids is 1. The minimum atomic E-state index is -0.145. The number of rotatable bonds is 4. The second kappa shape index (κ2) is 6.28. The summed E-state index contributed by atoms with van der Waals surface area (Å²) in [7, 11) is 1.70. The third-order valence-corrected chi connectivity index (χ3v) is 3.83. The Kier molecular flexibility index (Phi) is 4.67. The van der Waals surface area contributed by atoms with Gasteiger partial charge in [-0.1, -0.05) is 11.6 Å². The molecule has 0 aliphatic carbocycles. The van der Waals surface area contributed by atoms with E-state index in [0.29, 0.717) is 23.0 Å². The zero-order chi connectivity index (χ0) is 14.7. The van der Waals surface area contributed by atoms with Crippen molar-refractivity contribution in [3.63, 3.8) is 0 Å². The van der Waals surface area contributed by atoms with Gasteiger partial charge in [0.1, 0.15) is 5.82 Å². The van der Waals surface area contributed by atoms with E-state index in [2.05, 4.69) is 15.2 Å². The maximum absolute atomic E-state index is 12.4. The molecule has 1 aromatic carbocycles. The monoisotopic (exact) mass is 310 g/mol. The molecule has 0 radical (unpaired) electrons. The summed E-state index contributed by atoms with van der Waals surface area (Å²) in [5.74, 6) is 1.16. The Balaban J connectivity index is 2.17. The van der Waals surface area contributed by atoms with Gasteiger partial charge in [-0.3, -0.25) is 9.89 Å². The molecule has 0 unspecified atom stereocenters. The molecular weight excluding hydrogens is 296 g/mol. The van der Waals surface area contributed by atoms with E-state index in [4.69, 9.17) is 11.6 Å². The fourth-order valence-corrected chi connectivity index (χ4v) is 2.38. The Hall–Kier alpha value is -1.53. The van der Waals surface area contributed by atoms with Gasteiger partial charge < -0.3 is 4.90 Å². The fraction of sp³-hybridized carbons (Fsp3) is 0.308. The molecule has 1 aromatic heterocycles. The molecule has 20 heavy (non-hydrogen) atoms. The first kappa shape index (κ1) is 14.9. The van der Waals surface area contributed by atoms with E-state index in [-0.39, 0.29) is 5.91 Å². The number of H-pyrrole nitrogens is 1. The molecule has 7 heteroatoms. The molecular formula is C13H15ClN4OS. The predicted molar refractivity (Wildman–Crippen MR) is 80.2 cm³/mol. The minimum absolute atomic E-state index is 0.145. The number of aromatic nitrogens is 3. The van der Waals surface area contributed by atoms with Crippen LogP contribution in [0.4, 0.5) is 0 Å². The van der Waals surface area contributed by atoms with Gasteiger partial charge in [0, 0.05) is 11.9 Å². The molecule has 0 saturated heterocycles. The summed E-state index contributed by atoms with van der Waals surface area (Å²) in [6, 6.07) is 5.43. The number of thioether (sulfide) groups is 1. The molecule has 0 fully saturated rings. The summed E-state index contributed by atoms with van der Waals surface area (Å²) in [6.45, 7) is 2.15. The van der Waals surface area contributed by atoms with Crippen LogP contribution < -0.4 is 0 Å². The second-order valence-electron chi connectivity index (χ2n) is 4.34. The van der Waals surface area contributed by atoms with Crippen molar-refractivity contribution in [3.05, 3.63) is 40.4 Å². The third-order valence-electron chi connectivity index (χ3n) is 2.77. The van der Waals surface area contributed by atoms with Crippen molar-refractivity contribution in [2.45, 2.75) is 18.4 Å². The van der Waals surface area contributed by atoms with Crippen LogP contribution in [0.2, 0.25) is 5.02 Å². The lowest BCUT2D eigenvalue weighted by atomic mass is 10.2. The lowest BCUT2D eigenvalue weighted by Gasteiger charge is -2.16. The summed E-state index contributed by atoms with van der Waals surface area (Å²) < 4.78 is 0. The lowest BCUT2D eigenvalue weighted by Crippen LogP contribution is -2.27. The van der Waals surface area contributed by atoms with Crippen molar-refractivity contribution in [2.75, 3.05) is 13.3 Å². The van der Waals surface area contributed by atoms with Gasteiger partial charge in [0.15, 0.2) is 5.82 Å². The average Bonchev–Trinajstić information content (AvgIpc) is 2.84. The molecule has 5 nitrogen and oxygen atoms in total. The normalized spacial score (nSPS) is 10.6. The van der Waals surface area contributed by atoms with Crippen LogP contribution in [0.5, 0.6) is 0 Å². The molecule has 0 aliphatic rings. The van der Waals surface area contributed by atoms with Crippen molar-refractivity contribution >= 4 is 29.3 Å². The Morgan fingerprint density at radius 1 is 1.50 bits per heavy atom. The molecule has 1 N–H and O–H groups in total. The number of hydrogen-bond acceptors (Lipinski definition) is 4. The number of hydrogen-bond donors (Lipinski definition) is 1. The second-order valence-corrected chi connectivity index (χ2v) is 5.63. The van der Waals surface area contributed by atoms with E-state index in [1.165, 1.54) is 0 Å². The molecule has 0 saturated carbocycles. The Bertz CT molecular complexity index is 629. The third kappa shape index (κ3) is 3.32. The number of nitrogens with zero attached hydrogens (tertiary/aromatic N) is 3. The fourth-order valence-electron chi connectivity index (χ4n) is 1.74. The van der Waals surface area contributed by atoms with Gasteiger partial charge in [0.05, 0.1) is 17.1 Å². The van der Waals surface area contributed by atoms with E-state index >= 15 is 0 Å². The maximum atomic E-state index is 12.4. The van der Waals surface area contributed by atoms with Crippen molar-refractivity contribution in [3.8, 4) is 0 Å². The molecule has 1 amide bonds. The molecule has 2 rings (SSSR count). The van der Waals surface area contributed by atoms with Gasteiger partial charge in [0.25, 0.3) is 5.91 Å². The van der Waals surface area contributed by atoms with Gasteiger partial charge in [-0.2, -0.15) is 5.10 Å². The van der Waals surface area contributed by atoms with Gasteiger partial charge >= 0.3 is 0 Å². The Morgan fingerprint density at radius 3 is 2.85 bits per heavy atom. The summed E-state index contributed by atoms with van der Waals surface area (Å²) in [5, 5.41) is 7.22. The first-order chi connectivity index (χ1) is 9.51. The summed E-state index contributed by atoms with van der Waals surface area (Å²) >= 11 is 7.67. The topological polar surface area (TPSA) is 61.9 Å². The van der Waals surface area contributed by atoms with Crippen molar-refractivity contribution in [1.29, 1.82) is 0 Å². The Labute approximate surface area is 126 Å². The van der Waals surface area contributed by atoms with E-state index in [9.17, 15) is 4.79 Å². The zero-order valence-electron chi connectivity index (χ0n) is 11.5. The highest BCUT2D eigenvalue weighted by atomic mass is 35.5. The van der Waals surface area contributed by atoms with E-state index in [0.717, 1.165) is 10.7 Å². The SMILES string of the molecule is CSc1ccc(Cl)c(C(=O)N(C)Cc2n[nH]c(C)n2)c1. The highest BCUT2D eigenvalue weighted by Gasteiger charge is 2.17. The predicted octanol–water partition coefficient (Wildman–Crippen LogP) is 2.76. The van der Waals surface area contributed by atoms with Crippen LogP contribution in [0, 0.1) is 6.92 Å². The highest BCUT2D eigenvalue weighted by Crippen LogP contribution is 2.24. The maximum Gasteiger partial charge on any atom is 0.255 e. The molecule has 0 aliphatic heterocycles. The number of aryl methyl sites for hydroxylation is 1. The molecule has 1 heterocycles. The van der Waals surface area contributed by atoms with Crippen LogP contribution in [0.25, 0.3) is 0 Å². The van der Waals surface area contributed by atoms with E-state index in [1.807, 2.05) is 19.2 Å².